The van der Waals surface area contributed by atoms with Crippen molar-refractivity contribution in [1.29, 1.82) is 0 Å². The van der Waals surface area contributed by atoms with Crippen molar-refractivity contribution in [3.63, 3.8) is 0 Å². The van der Waals surface area contributed by atoms with Gasteiger partial charge >= 0.3 is 6.18 Å². The first kappa shape index (κ1) is 11.6. The van der Waals surface area contributed by atoms with Crippen LogP contribution in [0.25, 0.3) is 0 Å². The van der Waals surface area contributed by atoms with Crippen LogP contribution in [0, 0.1) is 6.92 Å². The standard InChI is InChI=1S/C10H10F3NO/c1-6-5-7(10(11,12)13)3-4-8(6)9(15)14-2/h3-5H,1-2H3,(H,14,15). The Morgan fingerprint density at radius 2 is 1.93 bits per heavy atom. The summed E-state index contributed by atoms with van der Waals surface area (Å²) in [6.45, 7) is 1.47. The summed E-state index contributed by atoms with van der Waals surface area (Å²) in [6.07, 6.45) is -4.37. The minimum atomic E-state index is -4.37. The molecule has 1 N–H and O–H groups in total. The van der Waals surface area contributed by atoms with E-state index in [1.165, 1.54) is 20.0 Å². The van der Waals surface area contributed by atoms with Crippen molar-refractivity contribution >= 4 is 5.91 Å². The molecule has 0 atom stereocenters. The Kier molecular flexibility index (Phi) is 3.02. The molecule has 1 amide bonds. The maximum atomic E-state index is 12.3. The Labute approximate surface area is 85.1 Å². The molecule has 15 heavy (non-hydrogen) atoms. The van der Waals surface area contributed by atoms with Crippen LogP contribution in [0.3, 0.4) is 0 Å². The second-order valence-corrected chi connectivity index (χ2v) is 3.11. The number of amides is 1. The van der Waals surface area contributed by atoms with E-state index in [0.29, 0.717) is 5.56 Å². The van der Waals surface area contributed by atoms with E-state index in [-0.39, 0.29) is 11.5 Å². The molecule has 0 aliphatic heterocycles. The molecule has 0 aromatic heterocycles. The monoisotopic (exact) mass is 217 g/mol. The Bertz CT molecular complexity index is 385. The zero-order valence-corrected chi connectivity index (χ0v) is 8.27. The Hall–Kier alpha value is -1.52. The lowest BCUT2D eigenvalue weighted by Crippen LogP contribution is -2.19. The van der Waals surface area contributed by atoms with Crippen molar-refractivity contribution in [3.05, 3.63) is 34.9 Å². The Balaban J connectivity index is 3.15. The molecule has 0 radical (unpaired) electrons. The third-order valence-electron chi connectivity index (χ3n) is 2.03. The van der Waals surface area contributed by atoms with Gasteiger partial charge in [-0.3, -0.25) is 4.79 Å². The van der Waals surface area contributed by atoms with Crippen LogP contribution in [-0.2, 0) is 6.18 Å². The third kappa shape index (κ3) is 2.49. The molecule has 0 aliphatic rings. The fourth-order valence-electron chi connectivity index (χ4n) is 1.23. The normalized spacial score (nSPS) is 11.3. The van der Waals surface area contributed by atoms with E-state index in [1.54, 1.807) is 0 Å². The maximum Gasteiger partial charge on any atom is 0.416 e. The summed E-state index contributed by atoms with van der Waals surface area (Å²) in [5, 5.41) is 2.36. The first-order valence-corrected chi connectivity index (χ1v) is 4.26. The number of aryl methyl sites for hydroxylation is 1. The van der Waals surface area contributed by atoms with Gasteiger partial charge in [-0.1, -0.05) is 0 Å². The highest BCUT2D eigenvalue weighted by atomic mass is 19.4. The zero-order chi connectivity index (χ0) is 11.6. The van der Waals surface area contributed by atoms with E-state index < -0.39 is 11.7 Å². The fraction of sp³-hybridized carbons (Fsp3) is 0.300. The Morgan fingerprint density at radius 3 is 2.33 bits per heavy atom. The summed E-state index contributed by atoms with van der Waals surface area (Å²) >= 11 is 0. The highest BCUT2D eigenvalue weighted by Crippen LogP contribution is 2.30. The summed E-state index contributed by atoms with van der Waals surface area (Å²) < 4.78 is 36.8. The molecule has 0 saturated carbocycles. The van der Waals surface area contributed by atoms with Gasteiger partial charge in [-0.15, -0.1) is 0 Å². The van der Waals surface area contributed by atoms with Crippen molar-refractivity contribution in [3.8, 4) is 0 Å². The van der Waals surface area contributed by atoms with Crippen molar-refractivity contribution in [2.75, 3.05) is 7.05 Å². The van der Waals surface area contributed by atoms with Gasteiger partial charge in [0.15, 0.2) is 0 Å². The van der Waals surface area contributed by atoms with Gasteiger partial charge in [-0.2, -0.15) is 13.2 Å². The number of benzene rings is 1. The van der Waals surface area contributed by atoms with Gasteiger partial charge in [-0.25, -0.2) is 0 Å². The molecule has 0 unspecified atom stereocenters. The SMILES string of the molecule is CNC(=O)c1ccc(C(F)(F)F)cc1C. The van der Waals surface area contributed by atoms with Gasteiger partial charge in [0.25, 0.3) is 5.91 Å². The maximum absolute atomic E-state index is 12.3. The molecular weight excluding hydrogens is 207 g/mol. The zero-order valence-electron chi connectivity index (χ0n) is 8.27. The summed E-state index contributed by atoms with van der Waals surface area (Å²) in [4.78, 5) is 11.2. The van der Waals surface area contributed by atoms with Gasteiger partial charge in [0.2, 0.25) is 0 Å². The Morgan fingerprint density at radius 1 is 1.33 bits per heavy atom. The lowest BCUT2D eigenvalue weighted by atomic mass is 10.0. The second kappa shape index (κ2) is 3.92. The summed E-state index contributed by atoms with van der Waals surface area (Å²) in [7, 11) is 1.43. The number of hydrogen-bond acceptors (Lipinski definition) is 1. The molecule has 0 bridgehead atoms. The molecule has 2 nitrogen and oxygen atoms in total. The molecule has 0 saturated heterocycles. The molecule has 0 aliphatic carbocycles. The van der Waals surface area contributed by atoms with Crippen LogP contribution in [0.2, 0.25) is 0 Å². The fourth-order valence-corrected chi connectivity index (χ4v) is 1.23. The highest BCUT2D eigenvalue weighted by molar-refractivity contribution is 5.95. The van der Waals surface area contributed by atoms with Crippen molar-refractivity contribution in [1.82, 2.24) is 5.32 Å². The van der Waals surface area contributed by atoms with Gasteiger partial charge in [0.05, 0.1) is 5.56 Å². The lowest BCUT2D eigenvalue weighted by molar-refractivity contribution is -0.137. The van der Waals surface area contributed by atoms with Crippen LogP contribution >= 0.6 is 0 Å². The molecule has 1 aromatic carbocycles. The molecule has 1 aromatic rings. The van der Waals surface area contributed by atoms with Gasteiger partial charge in [0, 0.05) is 12.6 Å². The molecule has 1 rings (SSSR count). The van der Waals surface area contributed by atoms with Crippen molar-refractivity contribution in [2.45, 2.75) is 13.1 Å². The van der Waals surface area contributed by atoms with Crippen LogP contribution in [0.4, 0.5) is 13.2 Å². The number of nitrogens with one attached hydrogen (secondary N) is 1. The number of hydrogen-bond donors (Lipinski definition) is 1. The average molecular weight is 217 g/mol. The second-order valence-electron chi connectivity index (χ2n) is 3.11. The summed E-state index contributed by atoms with van der Waals surface area (Å²) in [5.41, 5.74) is -0.178. The molecular formula is C10H10F3NO. The molecule has 82 valence electrons. The third-order valence-corrected chi connectivity index (χ3v) is 2.03. The number of carbonyl (C=O) groups excluding carboxylic acids is 1. The van der Waals surface area contributed by atoms with Crippen LogP contribution in [0.5, 0.6) is 0 Å². The largest absolute Gasteiger partial charge is 0.416 e. The molecule has 0 heterocycles. The minimum Gasteiger partial charge on any atom is -0.355 e. The van der Waals surface area contributed by atoms with Crippen molar-refractivity contribution in [2.24, 2.45) is 0 Å². The summed E-state index contributed by atoms with van der Waals surface area (Å²) in [5.74, 6) is -0.388. The summed E-state index contributed by atoms with van der Waals surface area (Å²) in [6, 6.07) is 3.04. The van der Waals surface area contributed by atoms with E-state index in [1.807, 2.05) is 0 Å². The molecule has 0 spiro atoms. The predicted molar refractivity (Wildman–Crippen MR) is 49.6 cm³/mol. The van der Waals surface area contributed by atoms with Gasteiger partial charge < -0.3 is 5.32 Å². The molecule has 0 fully saturated rings. The van der Waals surface area contributed by atoms with Crippen molar-refractivity contribution < 1.29 is 18.0 Å². The van der Waals surface area contributed by atoms with E-state index in [0.717, 1.165) is 12.1 Å². The first-order valence-electron chi connectivity index (χ1n) is 4.26. The minimum absolute atomic E-state index is 0.255. The van der Waals surface area contributed by atoms with E-state index >= 15 is 0 Å². The first-order chi connectivity index (χ1) is 6.86. The number of halogens is 3. The molecule has 5 heteroatoms. The topological polar surface area (TPSA) is 29.1 Å². The predicted octanol–water partition coefficient (Wildman–Crippen LogP) is 2.37. The van der Waals surface area contributed by atoms with Gasteiger partial charge in [-0.05, 0) is 30.7 Å². The lowest BCUT2D eigenvalue weighted by Gasteiger charge is -2.09. The van der Waals surface area contributed by atoms with E-state index in [2.05, 4.69) is 5.32 Å². The number of rotatable bonds is 1. The highest BCUT2D eigenvalue weighted by Gasteiger charge is 2.30. The van der Waals surface area contributed by atoms with Crippen LogP contribution in [0.1, 0.15) is 21.5 Å². The van der Waals surface area contributed by atoms with E-state index in [4.69, 9.17) is 0 Å². The van der Waals surface area contributed by atoms with E-state index in [9.17, 15) is 18.0 Å². The van der Waals surface area contributed by atoms with Crippen LogP contribution in [0.15, 0.2) is 18.2 Å². The van der Waals surface area contributed by atoms with Crippen LogP contribution < -0.4 is 5.32 Å². The smallest absolute Gasteiger partial charge is 0.355 e. The van der Waals surface area contributed by atoms with Crippen LogP contribution in [-0.4, -0.2) is 13.0 Å². The average Bonchev–Trinajstić information content (AvgIpc) is 2.15. The number of carbonyl (C=O) groups is 1. The number of alkyl halides is 3. The van der Waals surface area contributed by atoms with Gasteiger partial charge in [0.1, 0.15) is 0 Å². The quantitative estimate of drug-likeness (QED) is 0.768.